The number of aliphatic imine (C=N–C) groups is 1. The molecule has 0 rings (SSSR count). The Bertz CT molecular complexity index is 230. The molecule has 17 heavy (non-hydrogen) atoms. The summed E-state index contributed by atoms with van der Waals surface area (Å²) in [5.41, 5.74) is 0. The molecule has 0 spiro atoms. The minimum absolute atomic E-state index is 0.354. The molecule has 0 saturated carbocycles. The summed E-state index contributed by atoms with van der Waals surface area (Å²) >= 11 is 0. The standard InChI is InChI=1S/C12H23F2N3/c1-4-5-6-7-8-9-17(3)12(15-2)16-10-11(13)14/h4,11H,1,5-10H2,2-3H3,(H,15,16). The van der Waals surface area contributed by atoms with Crippen molar-refractivity contribution in [3.05, 3.63) is 12.7 Å². The molecule has 5 heteroatoms. The maximum Gasteiger partial charge on any atom is 0.255 e. The first-order valence-corrected chi connectivity index (χ1v) is 5.92. The molecule has 0 unspecified atom stereocenters. The minimum Gasteiger partial charge on any atom is -0.351 e. The van der Waals surface area contributed by atoms with Gasteiger partial charge in [0.2, 0.25) is 0 Å². The number of nitrogens with zero attached hydrogens (tertiary/aromatic N) is 2. The van der Waals surface area contributed by atoms with E-state index >= 15 is 0 Å². The van der Waals surface area contributed by atoms with Crippen LogP contribution in [0.5, 0.6) is 0 Å². The third-order valence-corrected chi connectivity index (χ3v) is 2.39. The van der Waals surface area contributed by atoms with Crippen molar-refractivity contribution in [2.75, 3.05) is 27.2 Å². The summed E-state index contributed by atoms with van der Waals surface area (Å²) in [5.74, 6) is 0.522. The van der Waals surface area contributed by atoms with E-state index in [0.29, 0.717) is 5.96 Å². The van der Waals surface area contributed by atoms with E-state index in [-0.39, 0.29) is 6.54 Å². The smallest absolute Gasteiger partial charge is 0.255 e. The van der Waals surface area contributed by atoms with Gasteiger partial charge in [-0.05, 0) is 19.3 Å². The van der Waals surface area contributed by atoms with E-state index in [0.717, 1.165) is 32.2 Å². The Balaban J connectivity index is 3.76. The molecule has 0 aliphatic rings. The number of unbranched alkanes of at least 4 members (excludes halogenated alkanes) is 3. The van der Waals surface area contributed by atoms with E-state index in [4.69, 9.17) is 0 Å². The van der Waals surface area contributed by atoms with Gasteiger partial charge in [0.05, 0.1) is 6.54 Å². The number of nitrogens with one attached hydrogen (secondary N) is 1. The van der Waals surface area contributed by atoms with Gasteiger partial charge < -0.3 is 10.2 Å². The average molecular weight is 247 g/mol. The number of hydrogen-bond acceptors (Lipinski definition) is 1. The Kier molecular flexibility index (Phi) is 9.38. The van der Waals surface area contributed by atoms with Gasteiger partial charge in [-0.3, -0.25) is 4.99 Å². The third-order valence-electron chi connectivity index (χ3n) is 2.39. The fourth-order valence-electron chi connectivity index (χ4n) is 1.47. The van der Waals surface area contributed by atoms with Gasteiger partial charge in [-0.1, -0.05) is 12.5 Å². The monoisotopic (exact) mass is 247 g/mol. The SMILES string of the molecule is C=CCCCCCN(C)C(=NC)NCC(F)F. The number of hydrogen-bond donors (Lipinski definition) is 1. The van der Waals surface area contributed by atoms with Gasteiger partial charge in [0, 0.05) is 20.6 Å². The van der Waals surface area contributed by atoms with Crippen molar-refractivity contribution in [2.45, 2.75) is 32.1 Å². The van der Waals surface area contributed by atoms with Crippen LogP contribution in [0.4, 0.5) is 8.78 Å². The van der Waals surface area contributed by atoms with Crippen LogP contribution in [0.25, 0.3) is 0 Å². The number of alkyl halides is 2. The first-order valence-electron chi connectivity index (χ1n) is 5.92. The summed E-state index contributed by atoms with van der Waals surface area (Å²) in [6.45, 7) is 4.13. The maximum absolute atomic E-state index is 12.0. The largest absolute Gasteiger partial charge is 0.351 e. The predicted octanol–water partition coefficient (Wildman–Crippen LogP) is 2.51. The minimum atomic E-state index is -2.35. The Hall–Kier alpha value is -1.13. The average Bonchev–Trinajstić information content (AvgIpc) is 2.29. The number of halogens is 2. The predicted molar refractivity (Wildman–Crippen MR) is 68.7 cm³/mol. The number of allylic oxidation sites excluding steroid dienone is 1. The van der Waals surface area contributed by atoms with Gasteiger partial charge in [0.25, 0.3) is 6.43 Å². The van der Waals surface area contributed by atoms with E-state index in [1.54, 1.807) is 7.05 Å². The maximum atomic E-state index is 12.0. The first kappa shape index (κ1) is 15.9. The van der Waals surface area contributed by atoms with Gasteiger partial charge in [0.15, 0.2) is 5.96 Å². The van der Waals surface area contributed by atoms with E-state index in [9.17, 15) is 8.78 Å². The first-order chi connectivity index (χ1) is 8.11. The van der Waals surface area contributed by atoms with Crippen molar-refractivity contribution in [3.63, 3.8) is 0 Å². The van der Waals surface area contributed by atoms with Crippen LogP contribution in [0.2, 0.25) is 0 Å². The quantitative estimate of drug-likeness (QED) is 0.309. The lowest BCUT2D eigenvalue weighted by molar-refractivity contribution is 0.151. The molecule has 1 N–H and O–H groups in total. The molecule has 0 aromatic rings. The van der Waals surface area contributed by atoms with E-state index in [1.165, 1.54) is 0 Å². The topological polar surface area (TPSA) is 27.6 Å². The Labute approximate surface area is 103 Å². The molecule has 0 atom stereocenters. The molecule has 0 amide bonds. The molecule has 0 radical (unpaired) electrons. The second-order valence-electron chi connectivity index (χ2n) is 3.88. The van der Waals surface area contributed by atoms with Crippen molar-refractivity contribution in [1.82, 2.24) is 10.2 Å². The fraction of sp³-hybridized carbons (Fsp3) is 0.750. The summed E-state index contributed by atoms with van der Waals surface area (Å²) in [7, 11) is 3.45. The van der Waals surface area contributed by atoms with Crippen LogP contribution in [0.15, 0.2) is 17.6 Å². The molecule has 0 saturated heterocycles. The zero-order valence-corrected chi connectivity index (χ0v) is 10.8. The Morgan fingerprint density at radius 1 is 1.41 bits per heavy atom. The Morgan fingerprint density at radius 2 is 2.12 bits per heavy atom. The summed E-state index contributed by atoms with van der Waals surface area (Å²) in [6.07, 6.45) is 3.85. The normalized spacial score (nSPS) is 11.7. The van der Waals surface area contributed by atoms with Crippen molar-refractivity contribution < 1.29 is 8.78 Å². The molecule has 0 aliphatic heterocycles. The van der Waals surface area contributed by atoms with Crippen LogP contribution in [0.3, 0.4) is 0 Å². The summed E-state index contributed by atoms with van der Waals surface area (Å²) in [6, 6.07) is 0. The molecule has 0 heterocycles. The molecular formula is C12H23F2N3. The second kappa shape index (κ2) is 10.1. The summed E-state index contributed by atoms with van der Waals surface area (Å²) in [4.78, 5) is 5.83. The van der Waals surface area contributed by atoms with Gasteiger partial charge in [-0.2, -0.15) is 0 Å². The lowest BCUT2D eigenvalue weighted by atomic mass is 10.2. The third kappa shape index (κ3) is 8.65. The highest BCUT2D eigenvalue weighted by atomic mass is 19.3. The van der Waals surface area contributed by atoms with Crippen LogP contribution in [0.1, 0.15) is 25.7 Å². The van der Waals surface area contributed by atoms with Gasteiger partial charge >= 0.3 is 0 Å². The molecular weight excluding hydrogens is 224 g/mol. The molecule has 100 valence electrons. The summed E-state index contributed by atoms with van der Waals surface area (Å²) < 4.78 is 24.1. The molecule has 0 aromatic carbocycles. The molecule has 0 aromatic heterocycles. The van der Waals surface area contributed by atoms with Crippen LogP contribution in [0, 0.1) is 0 Å². The van der Waals surface area contributed by atoms with Crippen LogP contribution < -0.4 is 5.32 Å². The molecule has 0 bridgehead atoms. The van der Waals surface area contributed by atoms with Crippen molar-refractivity contribution in [2.24, 2.45) is 4.99 Å². The highest BCUT2D eigenvalue weighted by Gasteiger charge is 2.08. The van der Waals surface area contributed by atoms with Crippen LogP contribution in [-0.2, 0) is 0 Å². The highest BCUT2D eigenvalue weighted by molar-refractivity contribution is 5.79. The molecule has 3 nitrogen and oxygen atoms in total. The van der Waals surface area contributed by atoms with Crippen molar-refractivity contribution in [1.29, 1.82) is 0 Å². The fourth-order valence-corrected chi connectivity index (χ4v) is 1.47. The molecule has 0 aliphatic carbocycles. The van der Waals surface area contributed by atoms with E-state index in [2.05, 4.69) is 16.9 Å². The summed E-state index contributed by atoms with van der Waals surface area (Å²) in [5, 5.41) is 2.63. The zero-order valence-electron chi connectivity index (χ0n) is 10.8. The van der Waals surface area contributed by atoms with Crippen LogP contribution >= 0.6 is 0 Å². The van der Waals surface area contributed by atoms with Gasteiger partial charge in [-0.25, -0.2) is 8.78 Å². The lowest BCUT2D eigenvalue weighted by Crippen LogP contribution is -2.41. The lowest BCUT2D eigenvalue weighted by Gasteiger charge is -2.21. The van der Waals surface area contributed by atoms with E-state index in [1.807, 2.05) is 18.0 Å². The van der Waals surface area contributed by atoms with Crippen molar-refractivity contribution in [3.8, 4) is 0 Å². The van der Waals surface area contributed by atoms with Crippen LogP contribution in [-0.4, -0.2) is 44.5 Å². The van der Waals surface area contributed by atoms with Gasteiger partial charge in [0.1, 0.15) is 0 Å². The zero-order chi connectivity index (χ0) is 13.1. The van der Waals surface area contributed by atoms with Gasteiger partial charge in [-0.15, -0.1) is 6.58 Å². The Morgan fingerprint density at radius 3 is 2.65 bits per heavy atom. The number of rotatable bonds is 8. The second-order valence-corrected chi connectivity index (χ2v) is 3.88. The highest BCUT2D eigenvalue weighted by Crippen LogP contribution is 2.01. The number of guanidine groups is 1. The van der Waals surface area contributed by atoms with Crippen molar-refractivity contribution >= 4 is 5.96 Å². The molecule has 0 fully saturated rings. The van der Waals surface area contributed by atoms with E-state index < -0.39 is 6.43 Å².